The zero-order valence-corrected chi connectivity index (χ0v) is 14.1. The highest BCUT2D eigenvalue weighted by atomic mass is 16.5. The third kappa shape index (κ3) is 1.87. The topological polar surface area (TPSA) is 40.4 Å². The van der Waals surface area contributed by atoms with Crippen LogP contribution in [0.2, 0.25) is 0 Å². The number of rotatable bonds is 1. The van der Waals surface area contributed by atoms with Crippen molar-refractivity contribution in [3.05, 3.63) is 47.9 Å². The van der Waals surface area contributed by atoms with Gasteiger partial charge >= 0.3 is 0 Å². The highest BCUT2D eigenvalue weighted by molar-refractivity contribution is 5.65. The molecule has 0 saturated heterocycles. The molecule has 0 amide bonds. The van der Waals surface area contributed by atoms with Gasteiger partial charge in [0.2, 0.25) is 0 Å². The van der Waals surface area contributed by atoms with E-state index in [1.54, 1.807) is 7.11 Å². The van der Waals surface area contributed by atoms with E-state index in [4.69, 9.17) is 4.74 Å². The molecule has 5 nitrogen and oxygen atoms in total. The molecule has 4 unspecified atom stereocenters. The van der Waals surface area contributed by atoms with Crippen LogP contribution in [0.1, 0.15) is 18.9 Å². The van der Waals surface area contributed by atoms with Gasteiger partial charge in [0.25, 0.3) is 0 Å². The third-order valence-electron chi connectivity index (χ3n) is 6.01. The minimum atomic E-state index is 0.477. The van der Waals surface area contributed by atoms with E-state index < -0.39 is 0 Å². The molecule has 3 aliphatic heterocycles. The van der Waals surface area contributed by atoms with Crippen molar-refractivity contribution >= 4 is 5.69 Å². The molecular weight excluding hydrogens is 300 g/mol. The molecule has 0 N–H and O–H groups in total. The summed E-state index contributed by atoms with van der Waals surface area (Å²) in [6.45, 7) is 3.05. The maximum absolute atomic E-state index is 5.45. The Morgan fingerprint density at radius 1 is 1.25 bits per heavy atom. The summed E-state index contributed by atoms with van der Waals surface area (Å²) in [5.74, 6) is 3.05. The zero-order chi connectivity index (χ0) is 16.3. The lowest BCUT2D eigenvalue weighted by atomic mass is 9.75. The van der Waals surface area contributed by atoms with Crippen molar-refractivity contribution in [2.24, 2.45) is 22.1 Å². The van der Waals surface area contributed by atoms with Crippen LogP contribution in [0, 0.1) is 11.8 Å². The van der Waals surface area contributed by atoms with Crippen LogP contribution in [0.15, 0.2) is 52.6 Å². The predicted octanol–water partition coefficient (Wildman–Crippen LogP) is 3.54. The monoisotopic (exact) mass is 322 g/mol. The predicted molar refractivity (Wildman–Crippen MR) is 92.8 cm³/mol. The van der Waals surface area contributed by atoms with Gasteiger partial charge < -0.3 is 14.5 Å². The number of fused-ring (bicyclic) bond motifs is 7. The lowest BCUT2D eigenvalue weighted by molar-refractivity contribution is 0.152. The van der Waals surface area contributed by atoms with Crippen molar-refractivity contribution < 1.29 is 4.74 Å². The van der Waals surface area contributed by atoms with Crippen LogP contribution in [-0.4, -0.2) is 30.8 Å². The molecule has 4 aliphatic rings. The van der Waals surface area contributed by atoms with Crippen LogP contribution in [0.3, 0.4) is 0 Å². The van der Waals surface area contributed by atoms with E-state index in [-0.39, 0.29) is 0 Å². The molecule has 0 radical (unpaired) electrons. The second-order valence-electron chi connectivity index (χ2n) is 7.18. The Morgan fingerprint density at radius 3 is 3.04 bits per heavy atom. The quantitative estimate of drug-likeness (QED) is 0.743. The summed E-state index contributed by atoms with van der Waals surface area (Å²) >= 11 is 0. The number of allylic oxidation sites excluding steroid dienone is 1. The second-order valence-corrected chi connectivity index (χ2v) is 7.18. The van der Waals surface area contributed by atoms with E-state index in [9.17, 15) is 0 Å². The Bertz CT molecular complexity index is 769. The Balaban J connectivity index is 1.65. The van der Waals surface area contributed by atoms with Crippen molar-refractivity contribution in [2.45, 2.75) is 31.8 Å². The summed E-state index contributed by atoms with van der Waals surface area (Å²) < 4.78 is 5.45. The fourth-order valence-electron chi connectivity index (χ4n) is 4.88. The summed E-state index contributed by atoms with van der Waals surface area (Å²) in [6.07, 6.45) is 9.10. The molecule has 0 saturated carbocycles. The van der Waals surface area contributed by atoms with Crippen molar-refractivity contribution in [3.63, 3.8) is 0 Å². The molecule has 4 atom stereocenters. The minimum Gasteiger partial charge on any atom is -0.497 e. The SMILES string of the molecule is COc1ccc2c(c1)N1C=C3N=NCN3C3CC=CC(C)C3C1C2. The summed E-state index contributed by atoms with van der Waals surface area (Å²) in [6, 6.07) is 7.41. The van der Waals surface area contributed by atoms with Crippen molar-refractivity contribution in [1.29, 1.82) is 0 Å². The third-order valence-corrected chi connectivity index (χ3v) is 6.01. The van der Waals surface area contributed by atoms with Gasteiger partial charge in [-0.15, -0.1) is 5.11 Å². The van der Waals surface area contributed by atoms with E-state index in [2.05, 4.69) is 63.5 Å². The number of ether oxygens (including phenoxy) is 1. The van der Waals surface area contributed by atoms with Crippen molar-refractivity contribution in [1.82, 2.24) is 4.90 Å². The smallest absolute Gasteiger partial charge is 0.169 e. The Hall–Kier alpha value is -2.30. The molecule has 5 heteroatoms. The standard InChI is InChI=1S/C19H22N4O/c1-12-4-3-5-15-19(12)17-8-13-6-7-14(24-2)9-16(13)22(17)10-18-21-20-11-23(15)18/h3-4,6-7,9-10,12,15,17,19H,5,8,11H2,1-2H3. The lowest BCUT2D eigenvalue weighted by Crippen LogP contribution is -2.48. The van der Waals surface area contributed by atoms with Crippen molar-refractivity contribution in [2.75, 3.05) is 18.7 Å². The fraction of sp³-hybridized carbons (Fsp3) is 0.474. The number of methoxy groups -OCH3 is 1. The molecule has 0 fully saturated rings. The number of nitrogens with zero attached hydrogens (tertiary/aromatic N) is 4. The van der Waals surface area contributed by atoms with E-state index in [1.807, 2.05) is 0 Å². The van der Waals surface area contributed by atoms with Crippen LogP contribution >= 0.6 is 0 Å². The Labute approximate surface area is 142 Å². The first kappa shape index (κ1) is 14.1. The zero-order valence-electron chi connectivity index (χ0n) is 14.1. The van der Waals surface area contributed by atoms with Crippen LogP contribution in [0.5, 0.6) is 5.75 Å². The average molecular weight is 322 g/mol. The molecule has 0 aromatic heterocycles. The van der Waals surface area contributed by atoms with E-state index >= 15 is 0 Å². The van der Waals surface area contributed by atoms with Gasteiger partial charge in [0, 0.05) is 36.0 Å². The van der Waals surface area contributed by atoms with E-state index in [0.29, 0.717) is 30.6 Å². The molecule has 0 spiro atoms. The summed E-state index contributed by atoms with van der Waals surface area (Å²) in [7, 11) is 1.73. The Morgan fingerprint density at radius 2 is 2.17 bits per heavy atom. The second kappa shape index (κ2) is 5.10. The van der Waals surface area contributed by atoms with Gasteiger partial charge in [-0.2, -0.15) is 5.11 Å². The molecule has 3 heterocycles. The first-order chi connectivity index (χ1) is 11.8. The van der Waals surface area contributed by atoms with Gasteiger partial charge in [0.15, 0.2) is 5.82 Å². The minimum absolute atomic E-state index is 0.477. The van der Waals surface area contributed by atoms with Crippen LogP contribution in [0.4, 0.5) is 5.69 Å². The largest absolute Gasteiger partial charge is 0.497 e. The fourth-order valence-corrected chi connectivity index (χ4v) is 4.88. The summed E-state index contributed by atoms with van der Waals surface area (Å²) in [5, 5.41) is 8.72. The van der Waals surface area contributed by atoms with Gasteiger partial charge in [-0.3, -0.25) is 0 Å². The molecular formula is C19H22N4O. The lowest BCUT2D eigenvalue weighted by Gasteiger charge is -2.41. The number of benzene rings is 1. The molecule has 24 heavy (non-hydrogen) atoms. The van der Waals surface area contributed by atoms with Gasteiger partial charge in [-0.1, -0.05) is 25.1 Å². The molecule has 1 aliphatic carbocycles. The molecule has 5 rings (SSSR count). The number of hydrogen-bond donors (Lipinski definition) is 0. The first-order valence-electron chi connectivity index (χ1n) is 8.74. The highest BCUT2D eigenvalue weighted by Crippen LogP contribution is 2.46. The average Bonchev–Trinajstić information content (AvgIpc) is 3.17. The van der Waals surface area contributed by atoms with Crippen LogP contribution in [-0.2, 0) is 6.42 Å². The molecule has 1 aromatic rings. The maximum atomic E-state index is 5.45. The number of hydrogen-bond acceptors (Lipinski definition) is 5. The molecule has 0 bridgehead atoms. The molecule has 124 valence electrons. The van der Waals surface area contributed by atoms with Crippen molar-refractivity contribution in [3.8, 4) is 5.75 Å². The highest BCUT2D eigenvalue weighted by Gasteiger charge is 2.46. The van der Waals surface area contributed by atoms with E-state index in [0.717, 1.165) is 24.4 Å². The van der Waals surface area contributed by atoms with Gasteiger partial charge in [0.1, 0.15) is 12.4 Å². The first-order valence-corrected chi connectivity index (χ1v) is 8.74. The van der Waals surface area contributed by atoms with Gasteiger partial charge in [0.05, 0.1) is 7.11 Å². The number of azo groups is 1. The molecule has 1 aromatic carbocycles. The van der Waals surface area contributed by atoms with Crippen LogP contribution in [0.25, 0.3) is 0 Å². The van der Waals surface area contributed by atoms with Gasteiger partial charge in [-0.25, -0.2) is 0 Å². The van der Waals surface area contributed by atoms with Crippen LogP contribution < -0.4 is 9.64 Å². The normalized spacial score (nSPS) is 32.7. The summed E-state index contributed by atoms with van der Waals surface area (Å²) in [5.41, 5.74) is 2.66. The summed E-state index contributed by atoms with van der Waals surface area (Å²) in [4.78, 5) is 4.83. The maximum Gasteiger partial charge on any atom is 0.169 e. The Kier molecular flexibility index (Phi) is 2.99. The van der Waals surface area contributed by atoms with Gasteiger partial charge in [-0.05, 0) is 30.4 Å². The van der Waals surface area contributed by atoms with E-state index in [1.165, 1.54) is 11.3 Å². The number of anilines is 1.